The second-order valence-corrected chi connectivity index (χ2v) is 9.81. The number of dihydropyridines is 1. The highest BCUT2D eigenvalue weighted by Gasteiger charge is 2.36. The summed E-state index contributed by atoms with van der Waals surface area (Å²) >= 11 is 0. The lowest BCUT2D eigenvalue weighted by Gasteiger charge is -2.30. The highest BCUT2D eigenvalue weighted by Crippen LogP contribution is 2.35. The van der Waals surface area contributed by atoms with Crippen molar-refractivity contribution >= 4 is 11.9 Å². The molecular weight excluding hydrogens is 478 g/mol. The fraction of sp³-hybridized carbons (Fsp3) is 0.484. The van der Waals surface area contributed by atoms with Gasteiger partial charge in [-0.05, 0) is 69.2 Å². The average Bonchev–Trinajstić information content (AvgIpc) is 2.92. The molecule has 0 atom stereocenters. The zero-order chi connectivity index (χ0) is 27.2. The molecule has 0 radical (unpaired) electrons. The molecule has 204 valence electrons. The fourth-order valence-corrected chi connectivity index (χ4v) is 4.87. The van der Waals surface area contributed by atoms with Gasteiger partial charge in [0.1, 0.15) is 0 Å². The first-order valence-electron chi connectivity index (χ1n) is 13.8. The van der Waals surface area contributed by atoms with Crippen molar-refractivity contribution in [1.29, 1.82) is 0 Å². The summed E-state index contributed by atoms with van der Waals surface area (Å²) in [5.41, 5.74) is 4.78. The van der Waals surface area contributed by atoms with E-state index in [1.165, 1.54) is 0 Å². The molecule has 3 rings (SSSR count). The Morgan fingerprint density at radius 1 is 0.789 bits per heavy atom. The molecule has 0 spiro atoms. The predicted molar refractivity (Wildman–Crippen MR) is 148 cm³/mol. The number of nitrogens with zero attached hydrogens (tertiary/aromatic N) is 2. The summed E-state index contributed by atoms with van der Waals surface area (Å²) in [5.74, 6) is -1.07. The Balaban J connectivity index is 1.63. The van der Waals surface area contributed by atoms with E-state index in [4.69, 9.17) is 9.47 Å². The number of hydrogen-bond acceptors (Lipinski definition) is 7. The van der Waals surface area contributed by atoms with Gasteiger partial charge in [0, 0.05) is 42.1 Å². The van der Waals surface area contributed by atoms with Crippen molar-refractivity contribution in [3.05, 3.63) is 82.7 Å². The molecule has 1 aliphatic rings. The molecule has 1 N–H and O–H groups in total. The maximum Gasteiger partial charge on any atom is 0.336 e. The van der Waals surface area contributed by atoms with Crippen molar-refractivity contribution in [2.45, 2.75) is 78.6 Å². The van der Waals surface area contributed by atoms with E-state index in [9.17, 15) is 9.59 Å². The third kappa shape index (κ3) is 8.82. The Bertz CT molecular complexity index is 1020. The molecule has 0 saturated carbocycles. The number of aromatic nitrogens is 2. The number of hydrogen-bond donors (Lipinski definition) is 1. The smallest absolute Gasteiger partial charge is 0.336 e. The molecule has 0 aromatic carbocycles. The van der Waals surface area contributed by atoms with Crippen LogP contribution < -0.4 is 5.32 Å². The lowest BCUT2D eigenvalue weighted by molar-refractivity contribution is -0.140. The van der Waals surface area contributed by atoms with Crippen LogP contribution in [-0.4, -0.2) is 35.1 Å². The third-order valence-corrected chi connectivity index (χ3v) is 6.80. The summed E-state index contributed by atoms with van der Waals surface area (Å²) in [6.45, 7) is 6.55. The molecule has 7 heteroatoms. The van der Waals surface area contributed by atoms with E-state index in [2.05, 4.69) is 22.2 Å². The van der Waals surface area contributed by atoms with Crippen LogP contribution in [0.5, 0.6) is 0 Å². The Kier molecular flexibility index (Phi) is 12.0. The number of allylic oxidation sites excluding steroid dienone is 2. The molecule has 38 heavy (non-hydrogen) atoms. The van der Waals surface area contributed by atoms with Gasteiger partial charge in [-0.15, -0.1) is 0 Å². The molecule has 2 aromatic heterocycles. The van der Waals surface area contributed by atoms with E-state index in [1.54, 1.807) is 12.4 Å². The van der Waals surface area contributed by atoms with Crippen LogP contribution in [-0.2, 0) is 31.9 Å². The number of rotatable bonds is 15. The SMILES string of the molecule is CCCCCCC1C(C(=O)OCCCc2cccnc2)=C(C)NC(C)=C1C(=O)OCCCc1cccnc1. The molecule has 0 unspecified atom stereocenters. The monoisotopic (exact) mass is 519 g/mol. The normalized spacial score (nSPS) is 13.9. The molecule has 0 amide bonds. The molecule has 0 fully saturated rings. The number of nitrogens with one attached hydrogen (secondary N) is 1. The number of carbonyl (C=O) groups is 2. The lowest BCUT2D eigenvalue weighted by Crippen LogP contribution is -2.34. The number of esters is 2. The van der Waals surface area contributed by atoms with Gasteiger partial charge in [-0.1, -0.05) is 44.7 Å². The van der Waals surface area contributed by atoms with Crippen LogP contribution in [0.1, 0.15) is 76.8 Å². The minimum Gasteiger partial charge on any atom is -0.462 e. The van der Waals surface area contributed by atoms with Gasteiger partial charge in [0.05, 0.1) is 24.4 Å². The maximum atomic E-state index is 13.3. The van der Waals surface area contributed by atoms with E-state index in [0.717, 1.165) is 61.0 Å². The van der Waals surface area contributed by atoms with Crippen LogP contribution in [0.15, 0.2) is 71.6 Å². The van der Waals surface area contributed by atoms with Gasteiger partial charge in [0.15, 0.2) is 0 Å². The predicted octanol–water partition coefficient (Wildman–Crippen LogP) is 5.87. The molecule has 2 aromatic rings. The first-order chi connectivity index (χ1) is 18.5. The quantitative estimate of drug-likeness (QED) is 0.233. The van der Waals surface area contributed by atoms with Gasteiger partial charge in [-0.2, -0.15) is 0 Å². The van der Waals surface area contributed by atoms with Crippen molar-refractivity contribution in [3.8, 4) is 0 Å². The van der Waals surface area contributed by atoms with Gasteiger partial charge in [0.2, 0.25) is 0 Å². The number of carbonyl (C=O) groups excluding carboxylic acids is 2. The molecule has 1 aliphatic heterocycles. The third-order valence-electron chi connectivity index (χ3n) is 6.80. The van der Waals surface area contributed by atoms with Crippen molar-refractivity contribution in [3.63, 3.8) is 0 Å². The Morgan fingerprint density at radius 2 is 1.32 bits per heavy atom. The zero-order valence-electron chi connectivity index (χ0n) is 23.0. The van der Waals surface area contributed by atoms with Gasteiger partial charge >= 0.3 is 11.9 Å². The first-order valence-corrected chi connectivity index (χ1v) is 13.8. The lowest BCUT2D eigenvalue weighted by atomic mass is 9.82. The van der Waals surface area contributed by atoms with Crippen LogP contribution in [0, 0.1) is 5.92 Å². The molecule has 7 nitrogen and oxygen atoms in total. The van der Waals surface area contributed by atoms with E-state index < -0.39 is 0 Å². The van der Waals surface area contributed by atoms with Crippen LogP contribution in [0.3, 0.4) is 0 Å². The standard InChI is InChI=1S/C31H41N3O4/c1-4-5-6-7-16-27-28(30(35)37-19-10-14-25-12-8-17-32-21-25)23(2)34-24(3)29(27)31(36)38-20-11-15-26-13-9-18-33-22-26/h8-9,12-13,17-18,21-22,27,34H,4-7,10-11,14-16,19-20H2,1-3H3. The highest BCUT2D eigenvalue weighted by atomic mass is 16.5. The number of pyridine rings is 2. The minimum atomic E-state index is -0.365. The number of aryl methyl sites for hydroxylation is 2. The van der Waals surface area contributed by atoms with Crippen LogP contribution in [0.2, 0.25) is 0 Å². The fourth-order valence-electron chi connectivity index (χ4n) is 4.87. The molecule has 0 bridgehead atoms. The largest absolute Gasteiger partial charge is 0.462 e. The summed E-state index contributed by atoms with van der Waals surface area (Å²) in [6, 6.07) is 7.84. The molecule has 3 heterocycles. The van der Waals surface area contributed by atoms with Crippen LogP contribution >= 0.6 is 0 Å². The zero-order valence-corrected chi connectivity index (χ0v) is 23.0. The number of unbranched alkanes of at least 4 members (excludes halogenated alkanes) is 3. The summed E-state index contributed by atoms with van der Waals surface area (Å²) in [4.78, 5) is 34.9. The molecule has 0 aliphatic carbocycles. The summed E-state index contributed by atoms with van der Waals surface area (Å²) in [6.07, 6.45) is 15.1. The average molecular weight is 520 g/mol. The minimum absolute atomic E-state index is 0.309. The van der Waals surface area contributed by atoms with Crippen LogP contribution in [0.4, 0.5) is 0 Å². The Hall–Kier alpha value is -3.48. The van der Waals surface area contributed by atoms with Gasteiger partial charge in [-0.3, -0.25) is 9.97 Å². The highest BCUT2D eigenvalue weighted by molar-refractivity contribution is 5.97. The summed E-state index contributed by atoms with van der Waals surface area (Å²) in [7, 11) is 0. The first kappa shape index (κ1) is 29.1. The van der Waals surface area contributed by atoms with Gasteiger partial charge in [0.25, 0.3) is 0 Å². The summed E-state index contributed by atoms with van der Waals surface area (Å²) in [5, 5.41) is 3.25. The van der Waals surface area contributed by atoms with Crippen LogP contribution in [0.25, 0.3) is 0 Å². The second kappa shape index (κ2) is 15.7. The Labute approximate surface area is 226 Å². The topological polar surface area (TPSA) is 90.4 Å². The number of ether oxygens (including phenoxy) is 2. The van der Waals surface area contributed by atoms with Crippen molar-refractivity contribution in [2.24, 2.45) is 5.92 Å². The van der Waals surface area contributed by atoms with E-state index >= 15 is 0 Å². The Morgan fingerprint density at radius 3 is 1.76 bits per heavy atom. The summed E-state index contributed by atoms with van der Waals surface area (Å²) < 4.78 is 11.4. The van der Waals surface area contributed by atoms with Crippen molar-refractivity contribution in [2.75, 3.05) is 13.2 Å². The van der Waals surface area contributed by atoms with Crippen molar-refractivity contribution < 1.29 is 19.1 Å². The molecular formula is C31H41N3O4. The second-order valence-electron chi connectivity index (χ2n) is 9.81. The van der Waals surface area contributed by atoms with E-state index in [-0.39, 0.29) is 17.9 Å². The van der Waals surface area contributed by atoms with Gasteiger partial charge in [-0.25, -0.2) is 9.59 Å². The van der Waals surface area contributed by atoms with Crippen molar-refractivity contribution in [1.82, 2.24) is 15.3 Å². The molecule has 0 saturated heterocycles. The van der Waals surface area contributed by atoms with Gasteiger partial charge < -0.3 is 14.8 Å². The van der Waals surface area contributed by atoms with E-state index in [1.807, 2.05) is 50.5 Å². The maximum absolute atomic E-state index is 13.3. The van der Waals surface area contributed by atoms with E-state index in [0.29, 0.717) is 43.6 Å².